The summed E-state index contributed by atoms with van der Waals surface area (Å²) in [7, 11) is 1.62. The van der Waals surface area contributed by atoms with Gasteiger partial charge in [0.25, 0.3) is 5.91 Å². The van der Waals surface area contributed by atoms with E-state index in [1.165, 1.54) is 0 Å². The molecule has 1 aliphatic rings. The molecule has 0 bridgehead atoms. The zero-order valence-corrected chi connectivity index (χ0v) is 13.6. The van der Waals surface area contributed by atoms with Gasteiger partial charge in [0.15, 0.2) is 0 Å². The van der Waals surface area contributed by atoms with Crippen molar-refractivity contribution < 1.29 is 9.53 Å². The van der Waals surface area contributed by atoms with Gasteiger partial charge < -0.3 is 14.0 Å². The van der Waals surface area contributed by atoms with Gasteiger partial charge in [-0.15, -0.1) is 0 Å². The molecular formula is C19H19N3O2. The first kappa shape index (κ1) is 14.8. The van der Waals surface area contributed by atoms with Crippen LogP contribution in [0.4, 0.5) is 0 Å². The predicted octanol–water partition coefficient (Wildman–Crippen LogP) is 3.15. The molecule has 2 aromatic heterocycles. The molecule has 0 saturated heterocycles. The second-order valence-corrected chi connectivity index (χ2v) is 6.07. The third-order valence-corrected chi connectivity index (χ3v) is 4.41. The van der Waals surface area contributed by atoms with Crippen molar-refractivity contribution in [1.82, 2.24) is 14.3 Å². The molecule has 0 unspecified atom stereocenters. The smallest absolute Gasteiger partial charge is 0.254 e. The molecule has 4 rings (SSSR count). The van der Waals surface area contributed by atoms with Gasteiger partial charge in [0.2, 0.25) is 0 Å². The number of rotatable bonds is 5. The van der Waals surface area contributed by atoms with Gasteiger partial charge in [-0.2, -0.15) is 0 Å². The lowest BCUT2D eigenvalue weighted by atomic mass is 10.2. The Morgan fingerprint density at radius 1 is 1.25 bits per heavy atom. The molecule has 1 fully saturated rings. The highest BCUT2D eigenvalue weighted by atomic mass is 16.5. The van der Waals surface area contributed by atoms with Crippen LogP contribution in [-0.4, -0.2) is 33.3 Å². The number of amides is 1. The van der Waals surface area contributed by atoms with Crippen LogP contribution in [-0.2, 0) is 6.54 Å². The van der Waals surface area contributed by atoms with Gasteiger partial charge in [-0.05, 0) is 49.2 Å². The van der Waals surface area contributed by atoms with E-state index in [4.69, 9.17) is 4.74 Å². The van der Waals surface area contributed by atoms with Crippen LogP contribution >= 0.6 is 0 Å². The van der Waals surface area contributed by atoms with Crippen LogP contribution < -0.4 is 4.74 Å². The predicted molar refractivity (Wildman–Crippen MR) is 91.1 cm³/mol. The number of carbonyl (C=O) groups is 1. The van der Waals surface area contributed by atoms with E-state index in [1.807, 2.05) is 64.2 Å². The lowest BCUT2D eigenvalue weighted by Gasteiger charge is -2.22. The topological polar surface area (TPSA) is 46.8 Å². The van der Waals surface area contributed by atoms with Crippen molar-refractivity contribution in [2.45, 2.75) is 25.4 Å². The normalized spacial score (nSPS) is 13.9. The van der Waals surface area contributed by atoms with Crippen molar-refractivity contribution in [3.8, 4) is 5.75 Å². The maximum absolute atomic E-state index is 12.9. The molecule has 0 spiro atoms. The van der Waals surface area contributed by atoms with Crippen molar-refractivity contribution in [2.24, 2.45) is 0 Å². The van der Waals surface area contributed by atoms with Gasteiger partial charge >= 0.3 is 0 Å². The second kappa shape index (κ2) is 6.00. The number of aromatic nitrogens is 2. The summed E-state index contributed by atoms with van der Waals surface area (Å²) in [6.07, 6.45) is 5.98. The SMILES string of the molecule is COc1ccc(C(=O)N(Cc2cnc3ccccn23)C2CC2)cc1. The minimum Gasteiger partial charge on any atom is -0.497 e. The number of fused-ring (bicyclic) bond motifs is 1. The quantitative estimate of drug-likeness (QED) is 0.725. The van der Waals surface area contributed by atoms with Crippen LogP contribution in [0.25, 0.3) is 5.65 Å². The van der Waals surface area contributed by atoms with Gasteiger partial charge in [0.05, 0.1) is 25.5 Å². The molecule has 3 aromatic rings. The minimum atomic E-state index is 0.0611. The van der Waals surface area contributed by atoms with Crippen LogP contribution in [0.5, 0.6) is 5.75 Å². The number of hydrogen-bond donors (Lipinski definition) is 0. The summed E-state index contributed by atoms with van der Waals surface area (Å²) in [4.78, 5) is 19.3. The summed E-state index contributed by atoms with van der Waals surface area (Å²) in [6, 6.07) is 13.5. The lowest BCUT2D eigenvalue weighted by molar-refractivity contribution is 0.0727. The Balaban J connectivity index is 1.61. The van der Waals surface area contributed by atoms with Gasteiger partial charge in [-0.3, -0.25) is 4.79 Å². The zero-order valence-electron chi connectivity index (χ0n) is 13.6. The van der Waals surface area contributed by atoms with Crippen LogP contribution in [0, 0.1) is 0 Å². The maximum atomic E-state index is 12.9. The molecule has 2 heterocycles. The first-order valence-electron chi connectivity index (χ1n) is 8.12. The van der Waals surface area contributed by atoms with Crippen LogP contribution in [0.15, 0.2) is 54.9 Å². The van der Waals surface area contributed by atoms with Crippen molar-refractivity contribution in [1.29, 1.82) is 0 Å². The number of benzene rings is 1. The van der Waals surface area contributed by atoms with Crippen molar-refractivity contribution in [2.75, 3.05) is 7.11 Å². The molecule has 0 radical (unpaired) electrons. The summed E-state index contributed by atoms with van der Waals surface area (Å²) < 4.78 is 7.20. The Kier molecular flexibility index (Phi) is 3.69. The highest BCUT2D eigenvalue weighted by Crippen LogP contribution is 2.30. The Labute approximate surface area is 140 Å². The molecule has 5 nitrogen and oxygen atoms in total. The highest BCUT2D eigenvalue weighted by molar-refractivity contribution is 5.94. The summed E-state index contributed by atoms with van der Waals surface area (Å²) in [5, 5.41) is 0. The van der Waals surface area contributed by atoms with Crippen molar-refractivity contribution >= 4 is 11.6 Å². The number of carbonyl (C=O) groups excluding carboxylic acids is 1. The first-order chi connectivity index (χ1) is 11.8. The van der Waals surface area contributed by atoms with E-state index in [1.54, 1.807) is 7.11 Å². The fraction of sp³-hybridized carbons (Fsp3) is 0.263. The maximum Gasteiger partial charge on any atom is 0.254 e. The zero-order chi connectivity index (χ0) is 16.5. The Morgan fingerprint density at radius 2 is 2.04 bits per heavy atom. The van der Waals surface area contributed by atoms with E-state index in [-0.39, 0.29) is 5.91 Å². The molecule has 5 heteroatoms. The van der Waals surface area contributed by atoms with E-state index < -0.39 is 0 Å². The third-order valence-electron chi connectivity index (χ3n) is 4.41. The summed E-state index contributed by atoms with van der Waals surface area (Å²) in [5.41, 5.74) is 2.62. The summed E-state index contributed by atoms with van der Waals surface area (Å²) >= 11 is 0. The molecule has 122 valence electrons. The molecule has 1 saturated carbocycles. The largest absolute Gasteiger partial charge is 0.497 e. The van der Waals surface area contributed by atoms with Crippen molar-refractivity contribution in [3.63, 3.8) is 0 Å². The van der Waals surface area contributed by atoms with E-state index >= 15 is 0 Å². The minimum absolute atomic E-state index is 0.0611. The number of hydrogen-bond acceptors (Lipinski definition) is 3. The standard InChI is InChI=1S/C19H19N3O2/c1-24-17-9-5-14(6-10-17)19(23)22(15-7-8-15)13-16-12-20-18-4-2-3-11-21(16)18/h2-6,9-12,15H,7-8,13H2,1H3. The third kappa shape index (κ3) is 2.73. The summed E-state index contributed by atoms with van der Waals surface area (Å²) in [5.74, 6) is 0.817. The molecule has 0 N–H and O–H groups in total. The number of ether oxygens (including phenoxy) is 1. The van der Waals surface area contributed by atoms with Crippen molar-refractivity contribution in [3.05, 3.63) is 66.1 Å². The molecule has 1 aromatic carbocycles. The van der Waals surface area contributed by atoms with Crippen LogP contribution in [0.1, 0.15) is 28.9 Å². The molecule has 0 atom stereocenters. The Bertz CT molecular complexity index is 866. The Hall–Kier alpha value is -2.82. The van der Waals surface area contributed by atoms with Gasteiger partial charge in [-0.1, -0.05) is 6.07 Å². The highest BCUT2D eigenvalue weighted by Gasteiger charge is 2.33. The molecular weight excluding hydrogens is 302 g/mol. The number of pyridine rings is 1. The van der Waals surface area contributed by atoms with Crippen LogP contribution in [0.3, 0.4) is 0 Å². The Morgan fingerprint density at radius 3 is 2.75 bits per heavy atom. The van der Waals surface area contributed by atoms with Crippen LogP contribution in [0.2, 0.25) is 0 Å². The van der Waals surface area contributed by atoms with Gasteiger partial charge in [0, 0.05) is 17.8 Å². The second-order valence-electron chi connectivity index (χ2n) is 6.07. The monoisotopic (exact) mass is 321 g/mol. The summed E-state index contributed by atoms with van der Waals surface area (Å²) in [6.45, 7) is 0.570. The molecule has 1 aliphatic carbocycles. The van der Waals surface area contributed by atoms with Gasteiger partial charge in [0.1, 0.15) is 11.4 Å². The lowest BCUT2D eigenvalue weighted by Crippen LogP contribution is -2.33. The van der Waals surface area contributed by atoms with E-state index in [0.29, 0.717) is 18.2 Å². The van der Waals surface area contributed by atoms with E-state index in [0.717, 1.165) is 29.9 Å². The first-order valence-corrected chi connectivity index (χ1v) is 8.12. The fourth-order valence-corrected chi connectivity index (χ4v) is 2.93. The molecule has 24 heavy (non-hydrogen) atoms. The molecule has 0 aliphatic heterocycles. The molecule has 1 amide bonds. The average Bonchev–Trinajstić information content (AvgIpc) is 3.40. The average molecular weight is 321 g/mol. The van der Waals surface area contributed by atoms with E-state index in [2.05, 4.69) is 4.98 Å². The number of nitrogens with zero attached hydrogens (tertiary/aromatic N) is 3. The number of imidazole rings is 1. The fourth-order valence-electron chi connectivity index (χ4n) is 2.93. The van der Waals surface area contributed by atoms with Gasteiger partial charge in [-0.25, -0.2) is 4.98 Å². The number of methoxy groups -OCH3 is 1. The van der Waals surface area contributed by atoms with E-state index in [9.17, 15) is 4.79 Å².